The first-order valence-corrected chi connectivity index (χ1v) is 10.1. The molecule has 0 aliphatic heterocycles. The van der Waals surface area contributed by atoms with Crippen LogP contribution in [0.25, 0.3) is 0 Å². The van der Waals surface area contributed by atoms with E-state index in [1.165, 1.54) is 6.07 Å². The van der Waals surface area contributed by atoms with Gasteiger partial charge in [-0.3, -0.25) is 4.79 Å². The van der Waals surface area contributed by atoms with Crippen LogP contribution in [0.5, 0.6) is 11.5 Å². The Morgan fingerprint density at radius 2 is 1.54 bits per heavy atom. The molecule has 0 fully saturated rings. The zero-order valence-electron chi connectivity index (χ0n) is 17.1. The fourth-order valence-corrected chi connectivity index (χ4v) is 3.09. The molecule has 2 aromatic rings. The fourth-order valence-electron chi connectivity index (χ4n) is 2.76. The van der Waals surface area contributed by atoms with E-state index in [4.69, 9.17) is 0 Å². The molecule has 0 aliphatic rings. The first-order valence-electron chi connectivity index (χ1n) is 9.00. The number of phenols is 2. The fraction of sp³-hybridized carbons (Fsp3) is 0.364. The summed E-state index contributed by atoms with van der Waals surface area (Å²) in [6.07, 6.45) is 1.56. The Morgan fingerprint density at radius 3 is 2.00 bits per heavy atom. The summed E-state index contributed by atoms with van der Waals surface area (Å²) in [5.41, 5.74) is 4.77. The minimum atomic E-state index is -0.409. The topological polar surface area (TPSA) is 81.9 Å². The van der Waals surface area contributed by atoms with Gasteiger partial charge in [0.05, 0.1) is 9.78 Å². The monoisotopic (exact) mass is 494 g/mol. The zero-order valence-corrected chi connectivity index (χ0v) is 19.2. The van der Waals surface area contributed by atoms with Crippen molar-refractivity contribution in [2.24, 2.45) is 5.10 Å². The summed E-state index contributed by atoms with van der Waals surface area (Å²) in [6.45, 7) is 12.3. The quantitative estimate of drug-likeness (QED) is 0.317. The van der Waals surface area contributed by atoms with Crippen LogP contribution in [0, 0.1) is 3.57 Å². The molecule has 5 nitrogen and oxygen atoms in total. The Bertz CT molecular complexity index is 887. The number of nitrogens with one attached hydrogen (secondary N) is 1. The van der Waals surface area contributed by atoms with E-state index in [-0.39, 0.29) is 16.6 Å². The van der Waals surface area contributed by atoms with Crippen molar-refractivity contribution < 1.29 is 15.0 Å². The van der Waals surface area contributed by atoms with Crippen LogP contribution >= 0.6 is 22.6 Å². The lowest BCUT2D eigenvalue weighted by molar-refractivity contribution is 0.0954. The van der Waals surface area contributed by atoms with E-state index in [2.05, 4.69) is 10.5 Å². The molecule has 0 aromatic heterocycles. The van der Waals surface area contributed by atoms with Crippen molar-refractivity contribution in [3.05, 3.63) is 56.2 Å². The highest BCUT2D eigenvalue weighted by Gasteiger charge is 2.26. The molecule has 3 N–H and O–H groups in total. The number of benzene rings is 2. The van der Waals surface area contributed by atoms with Crippen LogP contribution in [0.4, 0.5) is 0 Å². The Hall–Kier alpha value is -2.09. The number of carbonyl (C=O) groups is 1. The average molecular weight is 494 g/mol. The minimum absolute atomic E-state index is 0.0559. The molecule has 28 heavy (non-hydrogen) atoms. The van der Waals surface area contributed by atoms with Gasteiger partial charge in [-0.1, -0.05) is 41.5 Å². The van der Waals surface area contributed by atoms with Gasteiger partial charge in [-0.15, -0.1) is 0 Å². The number of hydrogen-bond donors (Lipinski definition) is 3. The van der Waals surface area contributed by atoms with Crippen LogP contribution in [0.3, 0.4) is 0 Å². The third-order valence-corrected chi connectivity index (χ3v) is 5.25. The summed E-state index contributed by atoms with van der Waals surface area (Å²) >= 11 is 1.99. The van der Waals surface area contributed by atoms with Crippen molar-refractivity contribution in [3.63, 3.8) is 0 Å². The molecule has 0 bridgehead atoms. The first kappa shape index (κ1) is 22.2. The molecule has 1 amide bonds. The molecule has 0 atom stereocenters. The highest BCUT2D eigenvalue weighted by Crippen LogP contribution is 2.39. The number of hydrazone groups is 1. The molecule has 6 heteroatoms. The summed E-state index contributed by atoms with van der Waals surface area (Å²) < 4.78 is 0.672. The van der Waals surface area contributed by atoms with Crippen molar-refractivity contribution in [2.75, 3.05) is 0 Å². The molecule has 0 radical (unpaired) electrons. The minimum Gasteiger partial charge on any atom is -0.507 e. The van der Waals surface area contributed by atoms with Gasteiger partial charge in [0.1, 0.15) is 11.5 Å². The van der Waals surface area contributed by atoms with Gasteiger partial charge < -0.3 is 10.2 Å². The van der Waals surface area contributed by atoms with E-state index in [1.807, 2.05) is 76.3 Å². The Kier molecular flexibility index (Phi) is 6.43. The van der Waals surface area contributed by atoms with Crippen LogP contribution in [-0.2, 0) is 10.8 Å². The molecule has 150 valence electrons. The molecule has 0 spiro atoms. The largest absolute Gasteiger partial charge is 0.507 e. The average Bonchev–Trinajstić information content (AvgIpc) is 2.56. The zero-order chi connectivity index (χ0) is 21.3. The number of amides is 1. The SMILES string of the molecule is CC(C)(C)c1cc(/C=N/NC(=O)c2ccc(I)c(O)c2)cc(C(C)(C)C)c1O. The molecule has 2 aromatic carbocycles. The Morgan fingerprint density at radius 1 is 1.00 bits per heavy atom. The maximum Gasteiger partial charge on any atom is 0.271 e. The normalized spacial score (nSPS) is 12.4. The van der Waals surface area contributed by atoms with Gasteiger partial charge in [0.15, 0.2) is 0 Å². The highest BCUT2D eigenvalue weighted by atomic mass is 127. The molecular formula is C22H27IN2O3. The van der Waals surface area contributed by atoms with E-state index in [0.29, 0.717) is 14.9 Å². The number of rotatable bonds is 3. The van der Waals surface area contributed by atoms with Crippen molar-refractivity contribution in [1.82, 2.24) is 5.43 Å². The van der Waals surface area contributed by atoms with Gasteiger partial charge in [-0.05, 0) is 69.3 Å². The number of halogens is 1. The summed E-state index contributed by atoms with van der Waals surface area (Å²) in [7, 11) is 0. The van der Waals surface area contributed by atoms with E-state index >= 15 is 0 Å². The standard InChI is InChI=1S/C22H27IN2O3/c1-21(2,3)15-9-13(10-16(19(15)27)22(4,5)6)12-24-25-20(28)14-7-8-17(23)18(26)11-14/h7-12,26-27H,1-6H3,(H,25,28)/b24-12+. The lowest BCUT2D eigenvalue weighted by Crippen LogP contribution is -2.19. The Balaban J connectivity index is 2.32. The van der Waals surface area contributed by atoms with E-state index in [9.17, 15) is 15.0 Å². The second-order valence-electron chi connectivity index (χ2n) is 8.83. The number of carbonyl (C=O) groups excluding carboxylic acids is 1. The smallest absolute Gasteiger partial charge is 0.271 e. The van der Waals surface area contributed by atoms with Gasteiger partial charge in [0, 0.05) is 16.7 Å². The summed E-state index contributed by atoms with van der Waals surface area (Å²) in [6, 6.07) is 8.47. The predicted molar refractivity (Wildman–Crippen MR) is 121 cm³/mol. The third-order valence-electron chi connectivity index (χ3n) is 4.34. The molecule has 0 saturated carbocycles. The van der Waals surface area contributed by atoms with Gasteiger partial charge in [-0.25, -0.2) is 5.43 Å². The van der Waals surface area contributed by atoms with Crippen LogP contribution in [-0.4, -0.2) is 22.3 Å². The van der Waals surface area contributed by atoms with Gasteiger partial charge in [-0.2, -0.15) is 5.10 Å². The molecule has 2 rings (SSSR count). The number of phenolic OH excluding ortho intramolecular Hbond substituents is 2. The van der Waals surface area contributed by atoms with Crippen LogP contribution < -0.4 is 5.43 Å². The number of hydrogen-bond acceptors (Lipinski definition) is 4. The first-order chi connectivity index (χ1) is 12.8. The maximum atomic E-state index is 12.2. The summed E-state index contributed by atoms with van der Waals surface area (Å²) in [4.78, 5) is 12.2. The molecule has 0 heterocycles. The summed E-state index contributed by atoms with van der Waals surface area (Å²) in [5, 5.41) is 24.6. The van der Waals surface area contributed by atoms with E-state index in [0.717, 1.165) is 16.7 Å². The second-order valence-corrected chi connectivity index (χ2v) is 9.99. The van der Waals surface area contributed by atoms with Crippen molar-refractivity contribution >= 4 is 34.7 Å². The molecule has 0 unspecified atom stereocenters. The van der Waals surface area contributed by atoms with E-state index < -0.39 is 5.91 Å². The molecule has 0 aliphatic carbocycles. The lowest BCUT2D eigenvalue weighted by atomic mass is 9.78. The van der Waals surface area contributed by atoms with Crippen molar-refractivity contribution in [2.45, 2.75) is 52.4 Å². The number of nitrogens with zero attached hydrogens (tertiary/aromatic N) is 1. The molecule has 0 saturated heterocycles. The van der Waals surface area contributed by atoms with Gasteiger partial charge in [0.2, 0.25) is 0 Å². The van der Waals surface area contributed by atoms with Gasteiger partial charge >= 0.3 is 0 Å². The van der Waals surface area contributed by atoms with Crippen LogP contribution in [0.15, 0.2) is 35.4 Å². The van der Waals surface area contributed by atoms with Crippen LogP contribution in [0.1, 0.15) is 68.6 Å². The maximum absolute atomic E-state index is 12.2. The van der Waals surface area contributed by atoms with Gasteiger partial charge in [0.25, 0.3) is 5.91 Å². The number of aromatic hydroxyl groups is 2. The van der Waals surface area contributed by atoms with Crippen molar-refractivity contribution in [1.29, 1.82) is 0 Å². The predicted octanol–water partition coefficient (Wildman–Crippen LogP) is 5.06. The molecular weight excluding hydrogens is 467 g/mol. The van der Waals surface area contributed by atoms with Crippen LogP contribution in [0.2, 0.25) is 0 Å². The summed E-state index contributed by atoms with van der Waals surface area (Å²) in [5.74, 6) is -0.0511. The van der Waals surface area contributed by atoms with E-state index in [1.54, 1.807) is 18.3 Å². The highest BCUT2D eigenvalue weighted by molar-refractivity contribution is 14.1. The third kappa shape index (κ3) is 5.25. The Labute approximate surface area is 180 Å². The second kappa shape index (κ2) is 8.11. The lowest BCUT2D eigenvalue weighted by Gasteiger charge is -2.27. The van der Waals surface area contributed by atoms with Crippen molar-refractivity contribution in [3.8, 4) is 11.5 Å².